The van der Waals surface area contributed by atoms with Crippen molar-refractivity contribution in [2.75, 3.05) is 7.05 Å². The van der Waals surface area contributed by atoms with Crippen molar-refractivity contribution in [1.29, 1.82) is 0 Å². The number of carbonyl (C=O) groups excluding carboxylic acids is 2. The first-order chi connectivity index (χ1) is 13.3. The van der Waals surface area contributed by atoms with Crippen molar-refractivity contribution in [1.82, 2.24) is 5.32 Å². The number of carbonyl (C=O) groups is 2. The first-order valence-corrected chi connectivity index (χ1v) is 9.95. The van der Waals surface area contributed by atoms with Crippen LogP contribution in [0.5, 0.6) is 0 Å². The second-order valence-electron chi connectivity index (χ2n) is 8.18. The molecule has 1 aromatic rings. The third kappa shape index (κ3) is 3.41. The molecule has 3 rings (SSSR count). The molecule has 2 unspecified atom stereocenters. The van der Waals surface area contributed by atoms with E-state index >= 15 is 0 Å². The Hall–Kier alpha value is -2.34. The quantitative estimate of drug-likeness (QED) is 0.721. The zero-order valence-electron chi connectivity index (χ0n) is 16.7. The number of amides is 2. The average Bonchev–Trinajstić information content (AvgIpc) is 3.11. The second kappa shape index (κ2) is 7.95. The van der Waals surface area contributed by atoms with Gasteiger partial charge in [-0.3, -0.25) is 9.59 Å². The minimum atomic E-state index is -1.09. The molecule has 1 heterocycles. The van der Waals surface area contributed by atoms with E-state index in [-0.39, 0.29) is 35.5 Å². The Morgan fingerprint density at radius 2 is 1.96 bits per heavy atom. The lowest BCUT2D eigenvalue weighted by molar-refractivity contribution is -0.138. The van der Waals surface area contributed by atoms with E-state index in [1.165, 1.54) is 7.05 Å². The minimum absolute atomic E-state index is 0.0557. The van der Waals surface area contributed by atoms with Crippen molar-refractivity contribution >= 4 is 11.8 Å². The lowest BCUT2D eigenvalue weighted by Crippen LogP contribution is -2.52. The van der Waals surface area contributed by atoms with Gasteiger partial charge in [0.05, 0.1) is 6.10 Å². The third-order valence-corrected chi connectivity index (χ3v) is 6.55. The van der Waals surface area contributed by atoms with Crippen molar-refractivity contribution in [2.24, 2.45) is 23.0 Å². The van der Waals surface area contributed by atoms with Gasteiger partial charge in [-0.1, -0.05) is 44.2 Å². The Bertz CT molecular complexity index is 763. The molecule has 4 N–H and O–H groups in total. The highest BCUT2D eigenvalue weighted by Gasteiger charge is 2.57. The van der Waals surface area contributed by atoms with Crippen molar-refractivity contribution in [3.8, 4) is 0 Å². The summed E-state index contributed by atoms with van der Waals surface area (Å²) in [6.07, 6.45) is 2.61. The fraction of sp³-hybridized carbons (Fsp3) is 0.545. The Morgan fingerprint density at radius 1 is 1.29 bits per heavy atom. The van der Waals surface area contributed by atoms with Crippen LogP contribution < -0.4 is 11.1 Å². The Labute approximate surface area is 166 Å². The van der Waals surface area contributed by atoms with Crippen molar-refractivity contribution in [3.05, 3.63) is 47.7 Å². The number of ether oxygens (including phenoxy) is 1. The third-order valence-electron chi connectivity index (χ3n) is 6.55. The molecule has 2 aliphatic rings. The summed E-state index contributed by atoms with van der Waals surface area (Å²) in [5.41, 5.74) is 5.93. The molecule has 0 aromatic heterocycles. The fourth-order valence-corrected chi connectivity index (χ4v) is 4.83. The lowest BCUT2D eigenvalue weighted by Gasteiger charge is -2.44. The molecule has 152 valence electrons. The highest BCUT2D eigenvalue weighted by Crippen LogP contribution is 2.52. The largest absolute Gasteiger partial charge is 0.483 e. The molecule has 0 radical (unpaired) electrons. The van der Waals surface area contributed by atoms with Gasteiger partial charge in [0.15, 0.2) is 5.76 Å². The highest BCUT2D eigenvalue weighted by molar-refractivity contribution is 5.95. The van der Waals surface area contributed by atoms with E-state index in [1.54, 1.807) is 6.08 Å². The monoisotopic (exact) mass is 386 g/mol. The van der Waals surface area contributed by atoms with Crippen LogP contribution in [0.15, 0.2) is 42.2 Å². The molecule has 1 aliphatic carbocycles. The summed E-state index contributed by atoms with van der Waals surface area (Å²) in [5.74, 6) is -0.881. The molecule has 1 saturated carbocycles. The Kier molecular flexibility index (Phi) is 5.79. The fourth-order valence-electron chi connectivity index (χ4n) is 4.83. The number of rotatable bonds is 5. The van der Waals surface area contributed by atoms with Gasteiger partial charge in [-0.25, -0.2) is 0 Å². The van der Waals surface area contributed by atoms with E-state index in [1.807, 2.05) is 44.2 Å². The average molecular weight is 386 g/mol. The van der Waals surface area contributed by atoms with Gasteiger partial charge in [0, 0.05) is 13.0 Å². The molecule has 2 amide bonds. The molecule has 6 heteroatoms. The first kappa shape index (κ1) is 20.4. The molecule has 1 aromatic carbocycles. The van der Waals surface area contributed by atoms with Crippen molar-refractivity contribution < 1.29 is 19.4 Å². The first-order valence-electron chi connectivity index (χ1n) is 9.95. The summed E-state index contributed by atoms with van der Waals surface area (Å²) in [7, 11) is 1.53. The van der Waals surface area contributed by atoms with Crippen LogP contribution in [-0.4, -0.2) is 36.2 Å². The topological polar surface area (TPSA) is 102 Å². The maximum atomic E-state index is 12.9. The molecule has 0 bridgehead atoms. The molecule has 0 spiro atoms. The van der Waals surface area contributed by atoms with E-state index in [0.717, 1.165) is 5.56 Å². The highest BCUT2D eigenvalue weighted by atomic mass is 16.5. The van der Waals surface area contributed by atoms with Crippen LogP contribution >= 0.6 is 0 Å². The SMILES string of the molecule is CNC(=O)C1=CC(C(N)=O)([C@H]2CC[C@@H](O)[C@H](C)C2)C([C@@H](C)c2ccccc2)O1. The van der Waals surface area contributed by atoms with Crippen LogP contribution in [0, 0.1) is 17.3 Å². The van der Waals surface area contributed by atoms with E-state index in [2.05, 4.69) is 5.32 Å². The Balaban J connectivity index is 2.06. The number of nitrogens with two attached hydrogens (primary N) is 1. The standard InChI is InChI=1S/C22H30N2O4/c1-13-11-16(9-10-17(13)25)22(21(23)27)12-18(20(26)24-3)28-19(22)14(2)15-7-5-4-6-8-15/h4-8,12-14,16-17,19,25H,9-11H2,1-3H3,(H2,23,27)(H,24,26)/t13-,14+,16+,17-,19?,22?/m1/s1. The molecule has 6 atom stereocenters. The van der Waals surface area contributed by atoms with E-state index in [0.29, 0.717) is 19.3 Å². The van der Waals surface area contributed by atoms with Crippen LogP contribution in [0.25, 0.3) is 0 Å². The Morgan fingerprint density at radius 3 is 2.54 bits per heavy atom. The number of likely N-dealkylation sites (N-methyl/N-ethyl adjacent to an activating group) is 1. The summed E-state index contributed by atoms with van der Waals surface area (Å²) in [5, 5.41) is 12.7. The molecule has 6 nitrogen and oxygen atoms in total. The van der Waals surface area contributed by atoms with Crippen LogP contribution in [-0.2, 0) is 14.3 Å². The normalized spacial score (nSPS) is 33.5. The van der Waals surface area contributed by atoms with Gasteiger partial charge >= 0.3 is 0 Å². The number of hydrogen-bond acceptors (Lipinski definition) is 4. The minimum Gasteiger partial charge on any atom is -0.483 e. The van der Waals surface area contributed by atoms with Gasteiger partial charge in [-0.2, -0.15) is 0 Å². The predicted octanol–water partition coefficient (Wildman–Crippen LogP) is 2.09. The van der Waals surface area contributed by atoms with Crippen LogP contribution in [0.4, 0.5) is 0 Å². The van der Waals surface area contributed by atoms with Crippen LogP contribution in [0.2, 0.25) is 0 Å². The summed E-state index contributed by atoms with van der Waals surface area (Å²) in [4.78, 5) is 25.2. The number of aliphatic hydroxyl groups is 1. The maximum Gasteiger partial charge on any atom is 0.285 e. The molecule has 28 heavy (non-hydrogen) atoms. The number of aliphatic hydroxyl groups excluding tert-OH is 1. The summed E-state index contributed by atoms with van der Waals surface area (Å²) in [6, 6.07) is 9.80. The summed E-state index contributed by atoms with van der Waals surface area (Å²) >= 11 is 0. The van der Waals surface area contributed by atoms with Crippen molar-refractivity contribution in [2.45, 2.75) is 51.2 Å². The second-order valence-corrected chi connectivity index (χ2v) is 8.18. The maximum absolute atomic E-state index is 12.9. The van der Waals surface area contributed by atoms with E-state index in [4.69, 9.17) is 10.5 Å². The lowest BCUT2D eigenvalue weighted by atomic mass is 9.60. The van der Waals surface area contributed by atoms with E-state index < -0.39 is 17.4 Å². The number of benzene rings is 1. The van der Waals surface area contributed by atoms with Crippen LogP contribution in [0.3, 0.4) is 0 Å². The molecular weight excluding hydrogens is 356 g/mol. The molecule has 1 aliphatic heterocycles. The predicted molar refractivity (Wildman–Crippen MR) is 106 cm³/mol. The van der Waals surface area contributed by atoms with E-state index in [9.17, 15) is 14.7 Å². The van der Waals surface area contributed by atoms with Gasteiger partial charge in [0.2, 0.25) is 5.91 Å². The van der Waals surface area contributed by atoms with Gasteiger partial charge in [0.1, 0.15) is 11.5 Å². The smallest absolute Gasteiger partial charge is 0.285 e. The summed E-state index contributed by atoms with van der Waals surface area (Å²) < 4.78 is 6.11. The molecule has 0 saturated heterocycles. The summed E-state index contributed by atoms with van der Waals surface area (Å²) in [6.45, 7) is 3.99. The van der Waals surface area contributed by atoms with Crippen molar-refractivity contribution in [3.63, 3.8) is 0 Å². The zero-order chi connectivity index (χ0) is 20.5. The van der Waals surface area contributed by atoms with Gasteiger partial charge in [-0.15, -0.1) is 0 Å². The molecule has 1 fully saturated rings. The van der Waals surface area contributed by atoms with Gasteiger partial charge in [0.25, 0.3) is 5.91 Å². The number of nitrogens with one attached hydrogen (secondary N) is 1. The van der Waals surface area contributed by atoms with Crippen LogP contribution in [0.1, 0.15) is 44.6 Å². The number of primary amides is 1. The molecular formula is C22H30N2O4. The van der Waals surface area contributed by atoms with Gasteiger partial charge < -0.3 is 20.9 Å². The zero-order valence-corrected chi connectivity index (χ0v) is 16.7. The number of hydrogen-bond donors (Lipinski definition) is 3. The van der Waals surface area contributed by atoms with Gasteiger partial charge in [-0.05, 0) is 42.7 Å².